The Labute approximate surface area is 206 Å². The molecule has 0 aliphatic carbocycles. The number of halogens is 1. The molecule has 2 atom stereocenters. The summed E-state index contributed by atoms with van der Waals surface area (Å²) in [6, 6.07) is 12.4. The smallest absolute Gasteiger partial charge is 0.404 e. The maximum absolute atomic E-state index is 15.4. The van der Waals surface area contributed by atoms with E-state index in [0.717, 1.165) is 12.0 Å². The molecule has 1 aliphatic rings. The van der Waals surface area contributed by atoms with Crippen LogP contribution >= 0.6 is 0 Å². The Bertz CT molecular complexity index is 1030. The number of carboxylic acid groups (broad SMARTS) is 1. The van der Waals surface area contributed by atoms with Crippen molar-refractivity contribution in [2.45, 2.75) is 51.0 Å². The zero-order valence-corrected chi connectivity index (χ0v) is 20.3. The third kappa shape index (κ3) is 6.38. The fraction of sp³-hybridized carbons (Fsp3) is 0.481. The molecule has 1 saturated heterocycles. The average Bonchev–Trinajstić information content (AvgIpc) is 2.86. The van der Waals surface area contributed by atoms with E-state index in [1.54, 1.807) is 17.0 Å². The minimum Gasteiger partial charge on any atom is -0.465 e. The number of hydrogen-bond donors (Lipinski definition) is 4. The van der Waals surface area contributed by atoms with Crippen LogP contribution in [0.15, 0.2) is 42.5 Å². The Morgan fingerprint density at radius 3 is 2.74 bits per heavy atom. The summed E-state index contributed by atoms with van der Waals surface area (Å²) >= 11 is 0. The van der Waals surface area contributed by atoms with Gasteiger partial charge in [0.15, 0.2) is 0 Å². The van der Waals surface area contributed by atoms with E-state index >= 15 is 4.39 Å². The van der Waals surface area contributed by atoms with Crippen molar-refractivity contribution in [1.29, 1.82) is 0 Å². The molecule has 5 N–H and O–H groups in total. The molecule has 190 valence electrons. The number of hydrogen-bond acceptors (Lipinski definition) is 4. The van der Waals surface area contributed by atoms with Crippen molar-refractivity contribution in [1.82, 2.24) is 10.2 Å². The first kappa shape index (κ1) is 26.6. The molecule has 2 aromatic rings. The predicted molar refractivity (Wildman–Crippen MR) is 133 cm³/mol. The van der Waals surface area contributed by atoms with Crippen LogP contribution in [0.3, 0.4) is 0 Å². The van der Waals surface area contributed by atoms with E-state index in [4.69, 9.17) is 10.8 Å². The van der Waals surface area contributed by atoms with Crippen LogP contribution in [0.5, 0.6) is 0 Å². The van der Waals surface area contributed by atoms with E-state index in [-0.39, 0.29) is 37.8 Å². The Hall–Kier alpha value is -2.97. The van der Waals surface area contributed by atoms with Gasteiger partial charge in [0.25, 0.3) is 0 Å². The second kappa shape index (κ2) is 12.1. The Morgan fingerprint density at radius 2 is 2.03 bits per heavy atom. The van der Waals surface area contributed by atoms with Gasteiger partial charge in [-0.3, -0.25) is 4.79 Å². The lowest BCUT2D eigenvalue weighted by Gasteiger charge is -2.43. The molecule has 0 radical (unpaired) electrons. The van der Waals surface area contributed by atoms with Crippen molar-refractivity contribution < 1.29 is 24.2 Å². The molecular formula is C27H36FN3O4. The number of piperidine rings is 1. The predicted octanol–water partition coefficient (Wildman–Crippen LogP) is 3.88. The Morgan fingerprint density at radius 1 is 1.26 bits per heavy atom. The highest BCUT2D eigenvalue weighted by Crippen LogP contribution is 2.44. The van der Waals surface area contributed by atoms with Crippen LogP contribution in [0.1, 0.15) is 50.2 Å². The number of nitrogens with two attached hydrogens (primary N) is 1. The summed E-state index contributed by atoms with van der Waals surface area (Å²) in [6.07, 6.45) is 1.87. The van der Waals surface area contributed by atoms with E-state index in [0.29, 0.717) is 49.0 Å². The molecule has 1 fully saturated rings. The number of nitrogens with one attached hydrogen (secondary N) is 1. The van der Waals surface area contributed by atoms with Crippen LogP contribution in [-0.2, 0) is 16.8 Å². The van der Waals surface area contributed by atoms with Gasteiger partial charge < -0.3 is 26.2 Å². The summed E-state index contributed by atoms with van der Waals surface area (Å²) < 4.78 is 15.4. The van der Waals surface area contributed by atoms with E-state index < -0.39 is 17.5 Å². The molecule has 2 aromatic carbocycles. The highest BCUT2D eigenvalue weighted by molar-refractivity contribution is 5.76. The zero-order chi connectivity index (χ0) is 25.4. The van der Waals surface area contributed by atoms with Gasteiger partial charge in [0.1, 0.15) is 5.82 Å². The first-order valence-electron chi connectivity index (χ1n) is 12.4. The molecule has 7 nitrogen and oxygen atoms in total. The fourth-order valence-corrected chi connectivity index (χ4v) is 5.11. The number of likely N-dealkylation sites (tertiary alicyclic amines) is 1. The number of carbonyl (C=O) groups excluding carboxylic acids is 1. The third-order valence-electron chi connectivity index (χ3n) is 6.92. The van der Waals surface area contributed by atoms with Crippen molar-refractivity contribution in [2.75, 3.05) is 26.2 Å². The quantitative estimate of drug-likeness (QED) is 0.381. The van der Waals surface area contributed by atoms with Crippen molar-refractivity contribution in [3.63, 3.8) is 0 Å². The summed E-state index contributed by atoms with van der Waals surface area (Å²) in [6.45, 7) is 3.39. The fourth-order valence-electron chi connectivity index (χ4n) is 5.11. The van der Waals surface area contributed by atoms with E-state index in [9.17, 15) is 14.7 Å². The lowest BCUT2D eigenvalue weighted by atomic mass is 9.72. The second-order valence-electron chi connectivity index (χ2n) is 9.19. The summed E-state index contributed by atoms with van der Waals surface area (Å²) in [5.74, 6) is -0.815. The monoisotopic (exact) mass is 485 g/mol. The molecule has 3 rings (SSSR count). The van der Waals surface area contributed by atoms with Crippen molar-refractivity contribution in [2.24, 2.45) is 11.7 Å². The molecule has 1 heterocycles. The lowest BCUT2D eigenvalue weighted by Crippen LogP contribution is -2.48. The maximum Gasteiger partial charge on any atom is 0.404 e. The topological polar surface area (TPSA) is 116 Å². The van der Waals surface area contributed by atoms with E-state index in [1.165, 1.54) is 6.07 Å². The van der Waals surface area contributed by atoms with Gasteiger partial charge in [-0.25, -0.2) is 9.18 Å². The zero-order valence-electron chi connectivity index (χ0n) is 20.3. The van der Waals surface area contributed by atoms with Gasteiger partial charge in [0, 0.05) is 44.1 Å². The van der Waals surface area contributed by atoms with Crippen molar-refractivity contribution in [3.05, 3.63) is 59.4 Å². The minimum atomic E-state index is -1.46. The first-order chi connectivity index (χ1) is 16.8. The van der Waals surface area contributed by atoms with Gasteiger partial charge in [-0.05, 0) is 54.9 Å². The minimum absolute atomic E-state index is 0.0535. The molecule has 0 unspecified atom stereocenters. The number of aliphatic hydroxyl groups is 1. The Balaban J connectivity index is 2.05. The van der Waals surface area contributed by atoms with Crippen LogP contribution in [-0.4, -0.2) is 53.3 Å². The maximum atomic E-state index is 15.4. The van der Waals surface area contributed by atoms with E-state index in [1.807, 2.05) is 31.2 Å². The van der Waals surface area contributed by atoms with Crippen molar-refractivity contribution >= 4 is 12.0 Å². The molecule has 0 aromatic heterocycles. The molecule has 8 heteroatoms. The molecule has 1 aliphatic heterocycles. The first-order valence-corrected chi connectivity index (χ1v) is 12.4. The van der Waals surface area contributed by atoms with Gasteiger partial charge >= 0.3 is 6.09 Å². The standard InChI is InChI=1S/C27H36FN3O4/c1-2-19-7-3-8-20(17-19)25-22(10-4-11-23(25)28)27(35,13-6-15-30-26(33)34)21-9-5-16-31(18-21)24(32)12-14-29/h3-4,7-8,10-11,17,21,30,35H,2,5-6,9,12-16,18,29H2,1H3,(H,33,34)/t21-,27+/m1/s1. The number of benzene rings is 2. The molecule has 0 saturated carbocycles. The number of amides is 2. The Kier molecular flexibility index (Phi) is 9.23. The van der Waals surface area contributed by atoms with Crippen LogP contribution < -0.4 is 11.1 Å². The second-order valence-corrected chi connectivity index (χ2v) is 9.19. The summed E-state index contributed by atoms with van der Waals surface area (Å²) in [5, 5.41) is 23.6. The molecule has 2 amide bonds. The number of rotatable bonds is 10. The normalized spacial score (nSPS) is 17.6. The molecule has 0 bridgehead atoms. The van der Waals surface area contributed by atoms with Gasteiger partial charge in [0.2, 0.25) is 5.91 Å². The highest BCUT2D eigenvalue weighted by atomic mass is 19.1. The van der Waals surface area contributed by atoms with Gasteiger partial charge in [-0.2, -0.15) is 0 Å². The van der Waals surface area contributed by atoms with Crippen molar-refractivity contribution in [3.8, 4) is 11.1 Å². The summed E-state index contributed by atoms with van der Waals surface area (Å²) in [4.78, 5) is 25.3. The van der Waals surface area contributed by atoms with Crippen LogP contribution in [0.25, 0.3) is 11.1 Å². The number of carbonyl (C=O) groups is 2. The van der Waals surface area contributed by atoms with Crippen LogP contribution in [0.4, 0.5) is 9.18 Å². The molecule has 35 heavy (non-hydrogen) atoms. The van der Waals surface area contributed by atoms with Crippen LogP contribution in [0.2, 0.25) is 0 Å². The van der Waals surface area contributed by atoms with Gasteiger partial charge in [-0.15, -0.1) is 0 Å². The molecular weight excluding hydrogens is 449 g/mol. The van der Waals surface area contributed by atoms with Gasteiger partial charge in [0.05, 0.1) is 5.60 Å². The molecule has 0 spiro atoms. The highest BCUT2D eigenvalue weighted by Gasteiger charge is 2.43. The SMILES string of the molecule is CCc1cccc(-c2c(F)cccc2[C@](O)(CCCNC(=O)O)[C@@H]2CCCN(C(=O)CCN)C2)c1. The average molecular weight is 486 g/mol. The third-order valence-corrected chi connectivity index (χ3v) is 6.92. The largest absolute Gasteiger partial charge is 0.465 e. The van der Waals surface area contributed by atoms with Gasteiger partial charge in [-0.1, -0.05) is 43.3 Å². The number of aryl methyl sites for hydroxylation is 1. The number of nitrogens with zero attached hydrogens (tertiary/aromatic N) is 1. The summed E-state index contributed by atoms with van der Waals surface area (Å²) in [7, 11) is 0. The summed E-state index contributed by atoms with van der Waals surface area (Å²) in [5.41, 5.74) is 6.69. The van der Waals surface area contributed by atoms with Crippen LogP contribution in [0, 0.1) is 11.7 Å². The van der Waals surface area contributed by atoms with E-state index in [2.05, 4.69) is 5.32 Å². The lowest BCUT2D eigenvalue weighted by molar-refractivity contribution is -0.136.